The van der Waals surface area contributed by atoms with Crippen LogP contribution < -0.4 is 14.8 Å². The van der Waals surface area contributed by atoms with Gasteiger partial charge in [-0.25, -0.2) is 4.39 Å². The van der Waals surface area contributed by atoms with Crippen LogP contribution in [-0.4, -0.2) is 50.9 Å². The lowest BCUT2D eigenvalue weighted by Crippen LogP contribution is -2.40. The Balaban J connectivity index is 1.59. The van der Waals surface area contributed by atoms with E-state index < -0.39 is 0 Å². The van der Waals surface area contributed by atoms with E-state index in [9.17, 15) is 4.39 Å². The molecule has 0 atom stereocenters. The van der Waals surface area contributed by atoms with E-state index in [0.29, 0.717) is 40.3 Å². The molecule has 2 aromatic carbocycles. The zero-order valence-corrected chi connectivity index (χ0v) is 18.6. The van der Waals surface area contributed by atoms with Crippen molar-refractivity contribution in [1.82, 2.24) is 10.2 Å². The second-order valence-electron chi connectivity index (χ2n) is 6.98. The van der Waals surface area contributed by atoms with Gasteiger partial charge >= 0.3 is 0 Å². The highest BCUT2D eigenvalue weighted by Gasteiger charge is 2.13. The molecule has 1 aliphatic heterocycles. The minimum atomic E-state index is -0.382. The van der Waals surface area contributed by atoms with Crippen molar-refractivity contribution < 1.29 is 18.6 Å². The number of benzene rings is 2. The van der Waals surface area contributed by atoms with Crippen molar-refractivity contribution >= 4 is 23.2 Å². The van der Waals surface area contributed by atoms with Gasteiger partial charge in [-0.3, -0.25) is 4.90 Å². The summed E-state index contributed by atoms with van der Waals surface area (Å²) in [5.74, 6) is 0.761. The monoisotopic (exact) mass is 456 g/mol. The number of rotatable bonds is 10. The Morgan fingerprint density at radius 2 is 1.77 bits per heavy atom. The zero-order valence-electron chi connectivity index (χ0n) is 17.1. The van der Waals surface area contributed by atoms with Crippen LogP contribution in [0.1, 0.15) is 18.1 Å². The first-order chi connectivity index (χ1) is 14.6. The van der Waals surface area contributed by atoms with Crippen LogP contribution in [0.15, 0.2) is 30.3 Å². The third-order valence-corrected chi connectivity index (χ3v) is 5.54. The van der Waals surface area contributed by atoms with Gasteiger partial charge in [0, 0.05) is 49.4 Å². The molecule has 2 aromatic rings. The molecule has 0 radical (unpaired) electrons. The fourth-order valence-corrected chi connectivity index (χ4v) is 3.62. The summed E-state index contributed by atoms with van der Waals surface area (Å²) in [7, 11) is 0. The summed E-state index contributed by atoms with van der Waals surface area (Å²) in [6.07, 6.45) is 0. The summed E-state index contributed by atoms with van der Waals surface area (Å²) in [4.78, 5) is 2.38. The number of morpholine rings is 1. The molecule has 0 bridgehead atoms. The van der Waals surface area contributed by atoms with Gasteiger partial charge in [0.15, 0.2) is 11.5 Å². The molecular weight excluding hydrogens is 430 g/mol. The summed E-state index contributed by atoms with van der Waals surface area (Å²) in [5.41, 5.74) is 1.62. The van der Waals surface area contributed by atoms with Gasteiger partial charge in [-0.15, -0.1) is 0 Å². The maximum absolute atomic E-state index is 13.2. The lowest BCUT2D eigenvalue weighted by atomic mass is 10.2. The van der Waals surface area contributed by atoms with Crippen molar-refractivity contribution in [3.8, 4) is 11.5 Å². The lowest BCUT2D eigenvalue weighted by molar-refractivity contribution is 0.0384. The number of hydrogen-bond donors (Lipinski definition) is 1. The maximum atomic E-state index is 13.2. The summed E-state index contributed by atoms with van der Waals surface area (Å²) in [6, 6.07) is 7.87. The SMILES string of the molecule is CCOc1cc(CNCCN2CCOCC2)c(Cl)cc1OCc1ccc(F)cc1Cl. The molecule has 1 saturated heterocycles. The molecule has 1 heterocycles. The molecule has 0 saturated carbocycles. The number of hydrogen-bond acceptors (Lipinski definition) is 5. The molecule has 1 aliphatic rings. The Hall–Kier alpha value is -1.57. The van der Waals surface area contributed by atoms with Crippen LogP contribution in [0.5, 0.6) is 11.5 Å². The van der Waals surface area contributed by atoms with Gasteiger partial charge in [0.05, 0.1) is 24.8 Å². The largest absolute Gasteiger partial charge is 0.490 e. The highest BCUT2D eigenvalue weighted by atomic mass is 35.5. The van der Waals surface area contributed by atoms with Crippen LogP contribution in [0.3, 0.4) is 0 Å². The van der Waals surface area contributed by atoms with Crippen molar-refractivity contribution in [2.75, 3.05) is 46.0 Å². The van der Waals surface area contributed by atoms with Gasteiger partial charge in [-0.2, -0.15) is 0 Å². The van der Waals surface area contributed by atoms with Crippen LogP contribution in [-0.2, 0) is 17.9 Å². The zero-order chi connectivity index (χ0) is 21.3. The molecule has 0 amide bonds. The minimum Gasteiger partial charge on any atom is -0.490 e. The van der Waals surface area contributed by atoms with Gasteiger partial charge in [0.2, 0.25) is 0 Å². The van der Waals surface area contributed by atoms with Crippen LogP contribution in [0.4, 0.5) is 4.39 Å². The molecule has 1 fully saturated rings. The first-order valence-electron chi connectivity index (χ1n) is 10.1. The van der Waals surface area contributed by atoms with Gasteiger partial charge in [0.1, 0.15) is 12.4 Å². The Morgan fingerprint density at radius 3 is 2.50 bits per heavy atom. The highest BCUT2D eigenvalue weighted by Crippen LogP contribution is 2.34. The molecule has 0 aromatic heterocycles. The number of nitrogens with zero attached hydrogens (tertiary/aromatic N) is 1. The van der Waals surface area contributed by atoms with Crippen molar-refractivity contribution in [2.24, 2.45) is 0 Å². The molecule has 0 aliphatic carbocycles. The molecular formula is C22H27Cl2FN2O3. The van der Waals surface area contributed by atoms with E-state index in [1.807, 2.05) is 13.0 Å². The molecule has 164 valence electrons. The number of nitrogens with one attached hydrogen (secondary N) is 1. The van der Waals surface area contributed by atoms with E-state index in [4.69, 9.17) is 37.4 Å². The summed E-state index contributed by atoms with van der Waals surface area (Å²) in [5, 5.41) is 4.35. The third-order valence-electron chi connectivity index (χ3n) is 4.83. The normalized spacial score (nSPS) is 14.7. The smallest absolute Gasteiger partial charge is 0.163 e. The molecule has 1 N–H and O–H groups in total. The highest BCUT2D eigenvalue weighted by molar-refractivity contribution is 6.31. The minimum absolute atomic E-state index is 0.187. The summed E-state index contributed by atoms with van der Waals surface area (Å²) >= 11 is 12.6. The van der Waals surface area contributed by atoms with Crippen LogP contribution in [0, 0.1) is 5.82 Å². The van der Waals surface area contributed by atoms with Gasteiger partial charge in [0.25, 0.3) is 0 Å². The van der Waals surface area contributed by atoms with Gasteiger partial charge in [-0.05, 0) is 30.7 Å². The fraction of sp³-hybridized carbons (Fsp3) is 0.455. The Labute approximate surface area is 187 Å². The molecule has 30 heavy (non-hydrogen) atoms. The average molecular weight is 457 g/mol. The average Bonchev–Trinajstić information content (AvgIpc) is 2.74. The summed E-state index contributed by atoms with van der Waals surface area (Å²) < 4.78 is 30.2. The van der Waals surface area contributed by atoms with Crippen LogP contribution >= 0.6 is 23.2 Å². The predicted molar refractivity (Wildman–Crippen MR) is 117 cm³/mol. The van der Waals surface area contributed by atoms with Crippen molar-refractivity contribution in [1.29, 1.82) is 0 Å². The molecule has 3 rings (SSSR count). The third kappa shape index (κ3) is 6.72. The Bertz CT molecular complexity index is 832. The number of ether oxygens (including phenoxy) is 3. The number of halogens is 3. The Kier molecular flexibility index (Phi) is 9.03. The molecule has 8 heteroatoms. The van der Waals surface area contributed by atoms with E-state index in [2.05, 4.69) is 10.2 Å². The molecule has 0 unspecified atom stereocenters. The predicted octanol–water partition coefficient (Wildman–Crippen LogP) is 4.53. The molecule has 5 nitrogen and oxygen atoms in total. The quantitative estimate of drug-likeness (QED) is 0.531. The van der Waals surface area contributed by atoms with E-state index in [1.54, 1.807) is 12.1 Å². The lowest BCUT2D eigenvalue weighted by Gasteiger charge is -2.26. The van der Waals surface area contributed by atoms with Crippen LogP contribution in [0.2, 0.25) is 10.0 Å². The van der Waals surface area contributed by atoms with Gasteiger partial charge in [-0.1, -0.05) is 29.3 Å². The second-order valence-corrected chi connectivity index (χ2v) is 7.79. The first kappa shape index (κ1) is 23.1. The van der Waals surface area contributed by atoms with E-state index in [-0.39, 0.29) is 12.4 Å². The topological polar surface area (TPSA) is 43.0 Å². The van der Waals surface area contributed by atoms with Crippen molar-refractivity contribution in [3.05, 3.63) is 57.3 Å². The van der Waals surface area contributed by atoms with E-state index >= 15 is 0 Å². The standard InChI is InChI=1S/C22H27Cl2FN2O3/c1-2-29-21-11-17(14-26-5-6-27-7-9-28-10-8-27)20(24)13-22(21)30-15-16-3-4-18(25)12-19(16)23/h3-4,11-13,26H,2,5-10,14-15H2,1H3. The van der Waals surface area contributed by atoms with Gasteiger partial charge < -0.3 is 19.5 Å². The second kappa shape index (κ2) is 11.7. The van der Waals surface area contributed by atoms with Crippen molar-refractivity contribution in [3.63, 3.8) is 0 Å². The Morgan fingerprint density at radius 1 is 1.03 bits per heavy atom. The fourth-order valence-electron chi connectivity index (χ4n) is 3.17. The van der Waals surface area contributed by atoms with Crippen LogP contribution in [0.25, 0.3) is 0 Å². The maximum Gasteiger partial charge on any atom is 0.163 e. The first-order valence-corrected chi connectivity index (χ1v) is 10.8. The summed E-state index contributed by atoms with van der Waals surface area (Å²) in [6.45, 7) is 8.61. The molecule has 0 spiro atoms. The van der Waals surface area contributed by atoms with E-state index in [0.717, 1.165) is 45.0 Å². The van der Waals surface area contributed by atoms with E-state index in [1.165, 1.54) is 12.1 Å². The van der Waals surface area contributed by atoms with Crippen molar-refractivity contribution in [2.45, 2.75) is 20.1 Å².